The van der Waals surface area contributed by atoms with Crippen LogP contribution in [0.2, 0.25) is 10.0 Å². The maximum Gasteiger partial charge on any atom is 0.270 e. The van der Waals surface area contributed by atoms with Gasteiger partial charge in [0, 0.05) is 12.6 Å². The molecule has 0 atom stereocenters. The Balaban J connectivity index is 1.98. The van der Waals surface area contributed by atoms with Gasteiger partial charge in [-0.2, -0.15) is 5.10 Å². The molecule has 3 rings (SSSR count). The van der Waals surface area contributed by atoms with E-state index in [1.165, 1.54) is 0 Å². The predicted octanol–water partition coefficient (Wildman–Crippen LogP) is 5.22. The van der Waals surface area contributed by atoms with E-state index in [9.17, 15) is 4.79 Å². The van der Waals surface area contributed by atoms with Crippen molar-refractivity contribution >= 4 is 29.1 Å². The molecule has 0 aliphatic rings. The highest BCUT2D eigenvalue weighted by Crippen LogP contribution is 2.27. The largest absolute Gasteiger partial charge is 0.463 e. The molecule has 0 spiro atoms. The lowest BCUT2D eigenvalue weighted by atomic mass is 10.1. The second-order valence-corrected chi connectivity index (χ2v) is 7.16. The summed E-state index contributed by atoms with van der Waals surface area (Å²) in [5.74, 6) is 0.885. The normalized spacial score (nSPS) is 11.1. The number of nitrogens with zero attached hydrogens (tertiary/aromatic N) is 2. The number of hydrogen-bond donors (Lipinski definition) is 1. The fourth-order valence-corrected chi connectivity index (χ4v) is 2.76. The van der Waals surface area contributed by atoms with Gasteiger partial charge < -0.3 is 9.73 Å². The fraction of sp³-hybridized carbons (Fsp3) is 0.263. The number of amides is 1. The van der Waals surface area contributed by atoms with Gasteiger partial charge in [-0.1, -0.05) is 37.0 Å². The van der Waals surface area contributed by atoms with Gasteiger partial charge >= 0.3 is 0 Å². The van der Waals surface area contributed by atoms with Crippen molar-refractivity contribution in [1.82, 2.24) is 15.1 Å². The lowest BCUT2D eigenvalue weighted by Crippen LogP contribution is -2.27. The van der Waals surface area contributed by atoms with E-state index < -0.39 is 0 Å². The quantitative estimate of drug-likeness (QED) is 0.626. The summed E-state index contributed by atoms with van der Waals surface area (Å²) in [6, 6.07) is 10.4. The highest BCUT2D eigenvalue weighted by atomic mass is 35.5. The van der Waals surface area contributed by atoms with E-state index in [0.717, 1.165) is 6.42 Å². The number of benzene rings is 1. The topological polar surface area (TPSA) is 60.1 Å². The van der Waals surface area contributed by atoms with Crippen LogP contribution in [0.1, 0.15) is 30.8 Å². The van der Waals surface area contributed by atoms with Gasteiger partial charge in [-0.05, 0) is 42.7 Å². The molecule has 136 valence electrons. The van der Waals surface area contributed by atoms with Crippen molar-refractivity contribution in [3.05, 3.63) is 58.4 Å². The van der Waals surface area contributed by atoms with Crippen LogP contribution in [0, 0.1) is 5.92 Å². The Bertz CT molecular complexity index is 902. The molecule has 7 heteroatoms. The van der Waals surface area contributed by atoms with Crippen molar-refractivity contribution in [3.63, 3.8) is 0 Å². The number of carbonyl (C=O) groups is 1. The average molecular weight is 392 g/mol. The first-order valence-corrected chi connectivity index (χ1v) is 9.09. The minimum Gasteiger partial charge on any atom is -0.463 e. The molecule has 0 fully saturated rings. The van der Waals surface area contributed by atoms with Crippen LogP contribution in [-0.2, 0) is 0 Å². The molecule has 2 heterocycles. The molecule has 0 aliphatic heterocycles. The molecule has 1 N–H and O–H groups in total. The summed E-state index contributed by atoms with van der Waals surface area (Å²) in [6.07, 6.45) is 2.47. The monoisotopic (exact) mass is 391 g/mol. The van der Waals surface area contributed by atoms with Crippen LogP contribution < -0.4 is 5.32 Å². The Morgan fingerprint density at radius 3 is 2.69 bits per heavy atom. The maximum atomic E-state index is 12.7. The Morgan fingerprint density at radius 1 is 1.23 bits per heavy atom. The van der Waals surface area contributed by atoms with Gasteiger partial charge in [0.25, 0.3) is 5.91 Å². The first-order valence-electron chi connectivity index (χ1n) is 8.33. The summed E-state index contributed by atoms with van der Waals surface area (Å²) in [4.78, 5) is 12.7. The second kappa shape index (κ2) is 7.98. The molecule has 0 aliphatic carbocycles. The van der Waals surface area contributed by atoms with E-state index in [2.05, 4.69) is 24.3 Å². The maximum absolute atomic E-state index is 12.7. The van der Waals surface area contributed by atoms with Crippen LogP contribution in [0.15, 0.2) is 47.1 Å². The second-order valence-electron chi connectivity index (χ2n) is 6.34. The minimum atomic E-state index is -0.206. The molecule has 3 aromatic rings. The first kappa shape index (κ1) is 18.5. The van der Waals surface area contributed by atoms with Crippen LogP contribution >= 0.6 is 23.2 Å². The van der Waals surface area contributed by atoms with Crippen LogP contribution in [0.4, 0.5) is 0 Å². The summed E-state index contributed by atoms with van der Waals surface area (Å²) < 4.78 is 6.95. The van der Waals surface area contributed by atoms with Gasteiger partial charge in [0.1, 0.15) is 11.4 Å². The SMILES string of the molecule is CC(C)CCNC(=O)c1cc(-c2ccco2)nn1-c1ccc(Cl)c(Cl)c1. The Morgan fingerprint density at radius 2 is 2.04 bits per heavy atom. The molecule has 1 aromatic carbocycles. The van der Waals surface area contributed by atoms with Crippen molar-refractivity contribution in [1.29, 1.82) is 0 Å². The van der Waals surface area contributed by atoms with E-state index in [4.69, 9.17) is 27.6 Å². The van der Waals surface area contributed by atoms with Gasteiger partial charge in [-0.3, -0.25) is 4.79 Å². The molecule has 0 saturated heterocycles. The Kier molecular flexibility index (Phi) is 5.69. The van der Waals surface area contributed by atoms with Crippen molar-refractivity contribution in [2.75, 3.05) is 6.54 Å². The zero-order chi connectivity index (χ0) is 18.7. The van der Waals surface area contributed by atoms with Crippen molar-refractivity contribution in [2.45, 2.75) is 20.3 Å². The highest BCUT2D eigenvalue weighted by Gasteiger charge is 2.19. The van der Waals surface area contributed by atoms with Gasteiger partial charge in [0.15, 0.2) is 5.76 Å². The molecule has 26 heavy (non-hydrogen) atoms. The summed E-state index contributed by atoms with van der Waals surface area (Å²) in [5, 5.41) is 8.29. The third kappa shape index (κ3) is 4.11. The number of halogens is 2. The Hall–Kier alpha value is -2.24. The molecule has 5 nitrogen and oxygen atoms in total. The standard InChI is InChI=1S/C19H19Cl2N3O2/c1-12(2)7-8-22-19(25)17-11-16(18-4-3-9-26-18)23-24(17)13-5-6-14(20)15(21)10-13/h3-6,9-12H,7-8H2,1-2H3,(H,22,25). The third-order valence-electron chi connectivity index (χ3n) is 3.87. The molecule has 0 bridgehead atoms. The van der Waals surface area contributed by atoms with Crippen molar-refractivity contribution < 1.29 is 9.21 Å². The van der Waals surface area contributed by atoms with Gasteiger partial charge in [-0.25, -0.2) is 4.68 Å². The fourth-order valence-electron chi connectivity index (χ4n) is 2.47. The lowest BCUT2D eigenvalue weighted by Gasteiger charge is -2.10. The van der Waals surface area contributed by atoms with Crippen LogP contribution in [0.25, 0.3) is 17.1 Å². The van der Waals surface area contributed by atoms with Crippen molar-refractivity contribution in [2.24, 2.45) is 5.92 Å². The minimum absolute atomic E-state index is 0.206. The molecule has 0 unspecified atom stereocenters. The van der Waals surface area contributed by atoms with E-state index in [0.29, 0.717) is 45.3 Å². The summed E-state index contributed by atoms with van der Waals surface area (Å²) in [5.41, 5.74) is 1.61. The molecule has 0 radical (unpaired) electrons. The molecular formula is C19H19Cl2N3O2. The molecule has 0 saturated carbocycles. The number of furan rings is 1. The molecular weight excluding hydrogens is 373 g/mol. The van der Waals surface area contributed by atoms with Crippen LogP contribution in [0.3, 0.4) is 0 Å². The van der Waals surface area contributed by atoms with E-state index in [1.54, 1.807) is 47.3 Å². The number of hydrogen-bond acceptors (Lipinski definition) is 3. The summed E-state index contributed by atoms with van der Waals surface area (Å²) in [6.45, 7) is 4.82. The van der Waals surface area contributed by atoms with Gasteiger partial charge in [0.05, 0.1) is 22.0 Å². The Labute approximate surface area is 161 Å². The lowest BCUT2D eigenvalue weighted by molar-refractivity contribution is 0.0944. The third-order valence-corrected chi connectivity index (χ3v) is 4.61. The average Bonchev–Trinajstić information content (AvgIpc) is 3.25. The van der Waals surface area contributed by atoms with Crippen molar-refractivity contribution in [3.8, 4) is 17.1 Å². The highest BCUT2D eigenvalue weighted by molar-refractivity contribution is 6.42. The van der Waals surface area contributed by atoms with Gasteiger partial charge in [-0.15, -0.1) is 0 Å². The predicted molar refractivity (Wildman–Crippen MR) is 103 cm³/mol. The number of carbonyl (C=O) groups excluding carboxylic acids is 1. The van der Waals surface area contributed by atoms with Crippen LogP contribution in [0.5, 0.6) is 0 Å². The zero-order valence-corrected chi connectivity index (χ0v) is 16.0. The molecule has 2 aromatic heterocycles. The van der Waals surface area contributed by atoms with E-state index in [1.807, 2.05) is 0 Å². The summed E-state index contributed by atoms with van der Waals surface area (Å²) >= 11 is 12.1. The smallest absolute Gasteiger partial charge is 0.270 e. The van der Waals surface area contributed by atoms with E-state index in [-0.39, 0.29) is 5.91 Å². The van der Waals surface area contributed by atoms with Gasteiger partial charge in [0.2, 0.25) is 0 Å². The molecule has 1 amide bonds. The van der Waals surface area contributed by atoms with Crippen LogP contribution in [-0.4, -0.2) is 22.2 Å². The number of aromatic nitrogens is 2. The number of rotatable bonds is 6. The zero-order valence-electron chi connectivity index (χ0n) is 14.5. The number of nitrogens with one attached hydrogen (secondary N) is 1. The van der Waals surface area contributed by atoms with E-state index >= 15 is 0 Å². The first-order chi connectivity index (χ1) is 12.5. The summed E-state index contributed by atoms with van der Waals surface area (Å²) in [7, 11) is 0.